The number of carboxylic acids is 1. The summed E-state index contributed by atoms with van der Waals surface area (Å²) >= 11 is 0. The Morgan fingerprint density at radius 2 is 1.80 bits per heavy atom. The number of carbonyl (C=O) groups is 3. The lowest BCUT2D eigenvalue weighted by atomic mass is 10.1. The van der Waals surface area contributed by atoms with Crippen molar-refractivity contribution in [3.8, 4) is 0 Å². The largest absolute Gasteiger partial charge is 0.480 e. The topological polar surface area (TPSA) is 98.7 Å². The standard InChI is InChI=1S/C18H17N3O4/c22-16-11-21(15-9-5-4-8-13(15)19-16)18(25)20-14(17(23)24)10-12-6-2-1-3-7-12/h1-9,14H,10-11H2,(H,19,22)(H,20,25)(H,23,24)/t14-/m1/s1. The van der Waals surface area contributed by atoms with Crippen molar-refractivity contribution in [1.29, 1.82) is 0 Å². The summed E-state index contributed by atoms with van der Waals surface area (Å²) in [7, 11) is 0. The molecule has 0 bridgehead atoms. The molecular weight excluding hydrogens is 322 g/mol. The van der Waals surface area contributed by atoms with Crippen molar-refractivity contribution in [3.05, 3.63) is 60.2 Å². The molecule has 0 spiro atoms. The molecule has 2 aromatic carbocycles. The fourth-order valence-electron chi connectivity index (χ4n) is 2.69. The van der Waals surface area contributed by atoms with Gasteiger partial charge in [0.25, 0.3) is 0 Å². The number of hydrogen-bond acceptors (Lipinski definition) is 3. The highest BCUT2D eigenvalue weighted by molar-refractivity contribution is 6.09. The number of fused-ring (bicyclic) bond motifs is 1. The zero-order valence-electron chi connectivity index (χ0n) is 13.3. The molecular formula is C18H17N3O4. The Balaban J connectivity index is 1.78. The first-order valence-electron chi connectivity index (χ1n) is 7.78. The van der Waals surface area contributed by atoms with Crippen LogP contribution in [0.25, 0.3) is 0 Å². The van der Waals surface area contributed by atoms with Crippen molar-refractivity contribution in [2.24, 2.45) is 0 Å². The Hall–Kier alpha value is -3.35. The Labute approximate surface area is 144 Å². The van der Waals surface area contributed by atoms with E-state index in [1.165, 1.54) is 4.90 Å². The van der Waals surface area contributed by atoms with Crippen LogP contribution >= 0.6 is 0 Å². The first kappa shape index (κ1) is 16.5. The molecule has 3 amide bonds. The Bertz CT molecular complexity index is 807. The summed E-state index contributed by atoms with van der Waals surface area (Å²) in [6, 6.07) is 14.2. The lowest BCUT2D eigenvalue weighted by molar-refractivity contribution is -0.139. The summed E-state index contributed by atoms with van der Waals surface area (Å²) in [5.41, 5.74) is 1.85. The maximum Gasteiger partial charge on any atom is 0.326 e. The van der Waals surface area contributed by atoms with Crippen molar-refractivity contribution in [3.63, 3.8) is 0 Å². The molecule has 128 valence electrons. The molecule has 0 saturated carbocycles. The summed E-state index contributed by atoms with van der Waals surface area (Å²) in [6.07, 6.45) is 0.156. The Morgan fingerprint density at radius 1 is 1.12 bits per heavy atom. The van der Waals surface area contributed by atoms with Crippen molar-refractivity contribution >= 4 is 29.3 Å². The predicted molar refractivity (Wildman–Crippen MR) is 92.5 cm³/mol. The quantitative estimate of drug-likeness (QED) is 0.792. The lowest BCUT2D eigenvalue weighted by Crippen LogP contribution is -2.52. The number of carboxylic acid groups (broad SMARTS) is 1. The van der Waals surface area contributed by atoms with Gasteiger partial charge in [-0.25, -0.2) is 9.59 Å². The molecule has 0 unspecified atom stereocenters. The summed E-state index contributed by atoms with van der Waals surface area (Å²) in [5, 5.41) is 14.6. The molecule has 7 nitrogen and oxygen atoms in total. The summed E-state index contributed by atoms with van der Waals surface area (Å²) in [4.78, 5) is 37.1. The molecule has 2 aromatic rings. The van der Waals surface area contributed by atoms with Crippen LogP contribution in [0, 0.1) is 0 Å². The van der Waals surface area contributed by atoms with Gasteiger partial charge in [-0.15, -0.1) is 0 Å². The Morgan fingerprint density at radius 3 is 2.52 bits per heavy atom. The van der Waals surface area contributed by atoms with E-state index < -0.39 is 18.0 Å². The molecule has 0 radical (unpaired) electrons. The van der Waals surface area contributed by atoms with Crippen molar-refractivity contribution in [2.45, 2.75) is 12.5 Å². The smallest absolute Gasteiger partial charge is 0.326 e. The van der Waals surface area contributed by atoms with E-state index in [4.69, 9.17) is 0 Å². The van der Waals surface area contributed by atoms with Gasteiger partial charge >= 0.3 is 12.0 Å². The van der Waals surface area contributed by atoms with E-state index in [0.717, 1.165) is 5.56 Å². The number of rotatable bonds is 4. The van der Waals surface area contributed by atoms with Gasteiger partial charge in [0.15, 0.2) is 0 Å². The molecule has 7 heteroatoms. The van der Waals surface area contributed by atoms with Crippen LogP contribution in [0.3, 0.4) is 0 Å². The maximum atomic E-state index is 12.6. The summed E-state index contributed by atoms with van der Waals surface area (Å²) < 4.78 is 0. The third kappa shape index (κ3) is 3.77. The van der Waals surface area contributed by atoms with Crippen LogP contribution in [-0.4, -0.2) is 35.6 Å². The normalized spacial score (nSPS) is 14.2. The summed E-state index contributed by atoms with van der Waals surface area (Å²) in [6.45, 7) is -0.166. The Kier molecular flexibility index (Phi) is 4.65. The minimum absolute atomic E-state index is 0.156. The van der Waals surface area contributed by atoms with E-state index in [1.54, 1.807) is 48.5 Å². The number of urea groups is 1. The monoisotopic (exact) mass is 339 g/mol. The average Bonchev–Trinajstić information content (AvgIpc) is 2.61. The van der Waals surface area contributed by atoms with Crippen molar-refractivity contribution in [1.82, 2.24) is 5.32 Å². The van der Waals surface area contributed by atoms with Gasteiger partial charge in [-0.05, 0) is 17.7 Å². The zero-order chi connectivity index (χ0) is 17.8. The molecule has 0 fully saturated rings. The molecule has 25 heavy (non-hydrogen) atoms. The van der Waals surface area contributed by atoms with Gasteiger partial charge in [-0.1, -0.05) is 42.5 Å². The van der Waals surface area contributed by atoms with Gasteiger partial charge in [0.2, 0.25) is 5.91 Å². The van der Waals surface area contributed by atoms with E-state index in [0.29, 0.717) is 11.4 Å². The zero-order valence-corrected chi connectivity index (χ0v) is 13.3. The molecule has 1 atom stereocenters. The minimum atomic E-state index is -1.13. The van der Waals surface area contributed by atoms with Crippen LogP contribution in [-0.2, 0) is 16.0 Å². The molecule has 1 aliphatic heterocycles. The van der Waals surface area contributed by atoms with Gasteiger partial charge in [-0.2, -0.15) is 0 Å². The average molecular weight is 339 g/mol. The molecule has 3 N–H and O–H groups in total. The third-order valence-electron chi connectivity index (χ3n) is 3.89. The highest BCUT2D eigenvalue weighted by Gasteiger charge is 2.29. The first-order valence-corrected chi connectivity index (χ1v) is 7.78. The fourth-order valence-corrected chi connectivity index (χ4v) is 2.69. The van der Waals surface area contributed by atoms with Crippen molar-refractivity contribution < 1.29 is 19.5 Å². The maximum absolute atomic E-state index is 12.6. The molecule has 0 saturated heterocycles. The second kappa shape index (κ2) is 7.04. The number of carbonyl (C=O) groups excluding carboxylic acids is 2. The van der Waals surface area contributed by atoms with Crippen LogP contribution in [0.1, 0.15) is 5.56 Å². The third-order valence-corrected chi connectivity index (χ3v) is 3.89. The van der Waals surface area contributed by atoms with E-state index in [2.05, 4.69) is 10.6 Å². The second-order valence-corrected chi connectivity index (χ2v) is 5.68. The molecule has 1 heterocycles. The fraction of sp³-hybridized carbons (Fsp3) is 0.167. The van der Waals surface area contributed by atoms with Crippen LogP contribution in [0.4, 0.5) is 16.2 Å². The number of amides is 3. The van der Waals surface area contributed by atoms with Gasteiger partial charge in [0.05, 0.1) is 11.4 Å². The number of aliphatic carboxylic acids is 1. The lowest BCUT2D eigenvalue weighted by Gasteiger charge is -2.30. The minimum Gasteiger partial charge on any atom is -0.480 e. The molecule has 1 aliphatic rings. The highest BCUT2D eigenvalue weighted by atomic mass is 16.4. The number of nitrogens with zero attached hydrogens (tertiary/aromatic N) is 1. The van der Waals surface area contributed by atoms with E-state index in [1.807, 2.05) is 6.07 Å². The molecule has 0 aliphatic carbocycles. The van der Waals surface area contributed by atoms with Crippen LogP contribution in [0.5, 0.6) is 0 Å². The van der Waals surface area contributed by atoms with E-state index >= 15 is 0 Å². The highest BCUT2D eigenvalue weighted by Crippen LogP contribution is 2.28. The van der Waals surface area contributed by atoms with E-state index in [-0.39, 0.29) is 18.9 Å². The van der Waals surface area contributed by atoms with Crippen LogP contribution in [0.2, 0.25) is 0 Å². The number of nitrogens with one attached hydrogen (secondary N) is 2. The van der Waals surface area contributed by atoms with Gasteiger partial charge in [0, 0.05) is 6.42 Å². The number of para-hydroxylation sites is 2. The number of benzene rings is 2. The van der Waals surface area contributed by atoms with Crippen LogP contribution in [0.15, 0.2) is 54.6 Å². The predicted octanol–water partition coefficient (Wildman–Crippen LogP) is 1.85. The molecule has 3 rings (SSSR count). The second-order valence-electron chi connectivity index (χ2n) is 5.68. The first-order chi connectivity index (χ1) is 12.0. The van der Waals surface area contributed by atoms with E-state index in [9.17, 15) is 19.5 Å². The molecule has 0 aromatic heterocycles. The van der Waals surface area contributed by atoms with Gasteiger partial charge < -0.3 is 15.7 Å². The van der Waals surface area contributed by atoms with Crippen LogP contribution < -0.4 is 15.5 Å². The SMILES string of the molecule is O=C1CN(C(=O)N[C@H](Cc2ccccc2)C(=O)O)c2ccccc2N1. The number of hydrogen-bond donors (Lipinski definition) is 3. The summed E-state index contributed by atoms with van der Waals surface area (Å²) in [5.74, 6) is -1.46. The van der Waals surface area contributed by atoms with Gasteiger partial charge in [0.1, 0.15) is 12.6 Å². The van der Waals surface area contributed by atoms with Gasteiger partial charge in [-0.3, -0.25) is 9.69 Å². The van der Waals surface area contributed by atoms with Crippen molar-refractivity contribution in [2.75, 3.05) is 16.8 Å². The number of anilines is 2.